The highest BCUT2D eigenvalue weighted by molar-refractivity contribution is 5.65. The van der Waals surface area contributed by atoms with Crippen molar-refractivity contribution in [2.75, 3.05) is 13.7 Å². The minimum Gasteiger partial charge on any atom is -0.497 e. The minimum atomic E-state index is -1.48. The van der Waals surface area contributed by atoms with Gasteiger partial charge < -0.3 is 34.6 Å². The Morgan fingerprint density at radius 2 is 1.62 bits per heavy atom. The lowest BCUT2D eigenvalue weighted by atomic mass is 9.99. The number of aliphatic hydroxyl groups is 4. The van der Waals surface area contributed by atoms with Gasteiger partial charge in [0.25, 0.3) is 0 Å². The van der Waals surface area contributed by atoms with E-state index in [4.69, 9.17) is 14.2 Å². The first-order valence-corrected chi connectivity index (χ1v) is 8.25. The van der Waals surface area contributed by atoms with Gasteiger partial charge >= 0.3 is 0 Å². The Kier molecular flexibility index (Phi) is 5.75. The number of aliphatic hydroxyl groups excluding tert-OH is 4. The number of benzene rings is 2. The molecule has 0 aliphatic carbocycles. The SMILES string of the molecule is COc1ccc(-c2cccc(O[C@@H]3O[C@H](CO)[C@@H](O)[C@H](O)[C@H]3O)c2)cc1. The van der Waals surface area contributed by atoms with Gasteiger partial charge in [0.1, 0.15) is 35.9 Å². The summed E-state index contributed by atoms with van der Waals surface area (Å²) >= 11 is 0. The zero-order valence-electron chi connectivity index (χ0n) is 14.2. The normalized spacial score (nSPS) is 28.6. The van der Waals surface area contributed by atoms with Crippen molar-refractivity contribution in [2.45, 2.75) is 30.7 Å². The van der Waals surface area contributed by atoms with E-state index in [1.807, 2.05) is 30.3 Å². The summed E-state index contributed by atoms with van der Waals surface area (Å²) in [6, 6.07) is 14.7. The topological polar surface area (TPSA) is 109 Å². The van der Waals surface area contributed by atoms with Crippen LogP contribution in [0.5, 0.6) is 11.5 Å². The van der Waals surface area contributed by atoms with E-state index < -0.39 is 37.3 Å². The molecule has 0 amide bonds. The van der Waals surface area contributed by atoms with Crippen LogP contribution < -0.4 is 9.47 Å². The molecule has 2 aromatic rings. The van der Waals surface area contributed by atoms with Crippen LogP contribution in [0.3, 0.4) is 0 Å². The van der Waals surface area contributed by atoms with E-state index in [0.717, 1.165) is 16.9 Å². The first kappa shape index (κ1) is 18.6. The summed E-state index contributed by atoms with van der Waals surface area (Å²) in [5.41, 5.74) is 1.83. The molecule has 1 saturated heterocycles. The van der Waals surface area contributed by atoms with Crippen LogP contribution in [0.25, 0.3) is 11.1 Å². The summed E-state index contributed by atoms with van der Waals surface area (Å²) in [5, 5.41) is 39.0. The molecule has 0 spiro atoms. The Morgan fingerprint density at radius 1 is 0.885 bits per heavy atom. The van der Waals surface area contributed by atoms with Crippen molar-refractivity contribution in [3.63, 3.8) is 0 Å². The van der Waals surface area contributed by atoms with Gasteiger partial charge in [0.05, 0.1) is 13.7 Å². The molecule has 0 unspecified atom stereocenters. The third kappa shape index (κ3) is 3.82. The first-order chi connectivity index (χ1) is 12.5. The molecule has 140 valence electrons. The van der Waals surface area contributed by atoms with Crippen molar-refractivity contribution < 1.29 is 34.6 Å². The Labute approximate surface area is 151 Å². The summed E-state index contributed by atoms with van der Waals surface area (Å²) in [6.45, 7) is -0.503. The van der Waals surface area contributed by atoms with Gasteiger partial charge in [-0.1, -0.05) is 24.3 Å². The molecule has 26 heavy (non-hydrogen) atoms. The van der Waals surface area contributed by atoms with Crippen LogP contribution in [0.2, 0.25) is 0 Å². The van der Waals surface area contributed by atoms with E-state index in [1.54, 1.807) is 25.3 Å². The predicted molar refractivity (Wildman–Crippen MR) is 92.8 cm³/mol. The van der Waals surface area contributed by atoms with Gasteiger partial charge in [-0.25, -0.2) is 0 Å². The van der Waals surface area contributed by atoms with Crippen molar-refractivity contribution in [1.29, 1.82) is 0 Å². The second kappa shape index (κ2) is 8.03. The molecule has 7 heteroatoms. The Balaban J connectivity index is 1.77. The molecule has 0 bridgehead atoms. The third-order valence-electron chi connectivity index (χ3n) is 4.36. The van der Waals surface area contributed by atoms with Gasteiger partial charge in [0.2, 0.25) is 6.29 Å². The molecule has 1 aliphatic heterocycles. The van der Waals surface area contributed by atoms with Crippen molar-refractivity contribution in [1.82, 2.24) is 0 Å². The number of hydrogen-bond donors (Lipinski definition) is 4. The van der Waals surface area contributed by atoms with Crippen molar-refractivity contribution >= 4 is 0 Å². The Morgan fingerprint density at radius 3 is 2.27 bits per heavy atom. The van der Waals surface area contributed by atoms with Crippen LogP contribution in [-0.4, -0.2) is 64.8 Å². The smallest absolute Gasteiger partial charge is 0.229 e. The van der Waals surface area contributed by atoms with Gasteiger partial charge in [-0.2, -0.15) is 0 Å². The molecule has 3 rings (SSSR count). The first-order valence-electron chi connectivity index (χ1n) is 8.25. The van der Waals surface area contributed by atoms with Crippen LogP contribution in [0.1, 0.15) is 0 Å². The summed E-state index contributed by atoms with van der Waals surface area (Å²) < 4.78 is 16.2. The largest absolute Gasteiger partial charge is 0.497 e. The summed E-state index contributed by atoms with van der Waals surface area (Å²) in [4.78, 5) is 0. The fourth-order valence-electron chi connectivity index (χ4n) is 2.83. The van der Waals surface area contributed by atoms with Gasteiger partial charge in [0.15, 0.2) is 0 Å². The lowest BCUT2D eigenvalue weighted by Gasteiger charge is -2.39. The van der Waals surface area contributed by atoms with Crippen molar-refractivity contribution in [3.8, 4) is 22.6 Å². The number of methoxy groups -OCH3 is 1. The summed E-state index contributed by atoms with van der Waals surface area (Å²) in [7, 11) is 1.60. The minimum absolute atomic E-state index is 0.419. The zero-order valence-corrected chi connectivity index (χ0v) is 14.2. The third-order valence-corrected chi connectivity index (χ3v) is 4.36. The molecular formula is C19H22O7. The average Bonchev–Trinajstić information content (AvgIpc) is 2.68. The second-order valence-corrected chi connectivity index (χ2v) is 6.07. The average molecular weight is 362 g/mol. The maximum absolute atomic E-state index is 10.1. The lowest BCUT2D eigenvalue weighted by molar-refractivity contribution is -0.277. The molecule has 0 aromatic heterocycles. The van der Waals surface area contributed by atoms with Crippen LogP contribution in [0.4, 0.5) is 0 Å². The molecule has 7 nitrogen and oxygen atoms in total. The Bertz CT molecular complexity index is 716. The van der Waals surface area contributed by atoms with Crippen LogP contribution in [-0.2, 0) is 4.74 Å². The predicted octanol–water partition coefficient (Wildman–Crippen LogP) is 0.541. The standard InChI is InChI=1S/C19H22O7/c1-24-13-7-5-11(6-8-13)12-3-2-4-14(9-12)25-19-18(23)17(22)16(21)15(10-20)26-19/h2-9,15-23H,10H2,1H3/t15-,16-,17+,18-,19-/m1/s1. The molecule has 4 N–H and O–H groups in total. The van der Waals surface area contributed by atoms with E-state index in [-0.39, 0.29) is 0 Å². The molecule has 1 fully saturated rings. The number of ether oxygens (including phenoxy) is 3. The van der Waals surface area contributed by atoms with Crippen LogP contribution >= 0.6 is 0 Å². The highest BCUT2D eigenvalue weighted by atomic mass is 16.7. The lowest BCUT2D eigenvalue weighted by Crippen LogP contribution is -2.60. The maximum Gasteiger partial charge on any atom is 0.229 e. The Hall–Kier alpha value is -2.16. The fraction of sp³-hybridized carbons (Fsp3) is 0.368. The van der Waals surface area contributed by atoms with Gasteiger partial charge in [-0.3, -0.25) is 0 Å². The van der Waals surface area contributed by atoms with E-state index in [0.29, 0.717) is 5.75 Å². The van der Waals surface area contributed by atoms with Crippen LogP contribution in [0, 0.1) is 0 Å². The fourth-order valence-corrected chi connectivity index (χ4v) is 2.83. The zero-order chi connectivity index (χ0) is 18.7. The molecule has 1 aliphatic rings. The molecule has 1 heterocycles. The molecule has 0 radical (unpaired) electrons. The van der Waals surface area contributed by atoms with E-state index in [1.165, 1.54) is 0 Å². The van der Waals surface area contributed by atoms with Crippen molar-refractivity contribution in [3.05, 3.63) is 48.5 Å². The second-order valence-electron chi connectivity index (χ2n) is 6.07. The quantitative estimate of drug-likeness (QED) is 0.615. The van der Waals surface area contributed by atoms with Gasteiger partial charge in [-0.15, -0.1) is 0 Å². The molecule has 5 atom stereocenters. The molecular weight excluding hydrogens is 340 g/mol. The van der Waals surface area contributed by atoms with E-state index in [9.17, 15) is 20.4 Å². The summed E-state index contributed by atoms with van der Waals surface area (Å²) in [5.74, 6) is 1.17. The van der Waals surface area contributed by atoms with Crippen LogP contribution in [0.15, 0.2) is 48.5 Å². The summed E-state index contributed by atoms with van der Waals surface area (Å²) in [6.07, 6.45) is -6.56. The number of rotatable bonds is 5. The van der Waals surface area contributed by atoms with Gasteiger partial charge in [-0.05, 0) is 35.4 Å². The number of hydrogen-bond acceptors (Lipinski definition) is 7. The highest BCUT2D eigenvalue weighted by Gasteiger charge is 2.44. The monoisotopic (exact) mass is 362 g/mol. The molecule has 2 aromatic carbocycles. The van der Waals surface area contributed by atoms with Crippen molar-refractivity contribution in [2.24, 2.45) is 0 Å². The van der Waals surface area contributed by atoms with Gasteiger partial charge in [0, 0.05) is 0 Å². The molecule has 0 saturated carbocycles. The van der Waals surface area contributed by atoms with E-state index in [2.05, 4.69) is 0 Å². The van der Waals surface area contributed by atoms with E-state index >= 15 is 0 Å². The maximum atomic E-state index is 10.1. The highest BCUT2D eigenvalue weighted by Crippen LogP contribution is 2.28.